The van der Waals surface area contributed by atoms with Gasteiger partial charge in [0.05, 0.1) is 5.60 Å². The van der Waals surface area contributed by atoms with E-state index in [4.69, 9.17) is 0 Å². The highest BCUT2D eigenvalue weighted by Gasteiger charge is 2.31. The molecule has 0 bridgehead atoms. The summed E-state index contributed by atoms with van der Waals surface area (Å²) in [6.07, 6.45) is 5.38. The van der Waals surface area contributed by atoms with E-state index in [1.165, 1.54) is 6.92 Å². The number of carbonyl (C=O) groups is 1. The largest absolute Gasteiger partial charge is 0.388 e. The second-order valence-corrected chi connectivity index (χ2v) is 7.34. The van der Waals surface area contributed by atoms with Crippen LogP contribution >= 0.6 is 0 Å². The summed E-state index contributed by atoms with van der Waals surface area (Å²) in [4.78, 5) is 11.6. The third-order valence-electron chi connectivity index (χ3n) is 3.39. The van der Waals surface area contributed by atoms with Crippen molar-refractivity contribution in [3.63, 3.8) is 0 Å². The van der Waals surface area contributed by atoms with Gasteiger partial charge in [0.25, 0.3) is 0 Å². The minimum Gasteiger partial charge on any atom is -0.388 e. The third kappa shape index (κ3) is 4.27. The van der Waals surface area contributed by atoms with E-state index < -0.39 is 26.6 Å². The van der Waals surface area contributed by atoms with E-state index in [-0.39, 0.29) is 6.54 Å². The van der Waals surface area contributed by atoms with Crippen LogP contribution < -0.4 is 5.32 Å². The van der Waals surface area contributed by atoms with Crippen molar-refractivity contribution in [2.75, 3.05) is 12.8 Å². The lowest BCUT2D eigenvalue weighted by Crippen LogP contribution is -2.47. The van der Waals surface area contributed by atoms with Crippen LogP contribution in [0.4, 0.5) is 0 Å². The van der Waals surface area contributed by atoms with Crippen LogP contribution in [-0.2, 0) is 14.6 Å². The van der Waals surface area contributed by atoms with Gasteiger partial charge >= 0.3 is 0 Å². The van der Waals surface area contributed by atoms with E-state index in [9.17, 15) is 18.3 Å². The van der Waals surface area contributed by atoms with Gasteiger partial charge in [-0.1, -0.05) is 19.3 Å². The molecule has 1 amide bonds. The van der Waals surface area contributed by atoms with Gasteiger partial charge in [-0.2, -0.15) is 0 Å². The van der Waals surface area contributed by atoms with E-state index in [2.05, 4.69) is 5.32 Å². The van der Waals surface area contributed by atoms with Crippen LogP contribution in [0.25, 0.3) is 0 Å². The highest BCUT2D eigenvalue weighted by molar-refractivity contribution is 7.92. The van der Waals surface area contributed by atoms with Crippen molar-refractivity contribution in [2.24, 2.45) is 0 Å². The molecule has 1 fully saturated rings. The average molecular weight is 263 g/mol. The van der Waals surface area contributed by atoms with E-state index in [1.807, 2.05) is 0 Å². The summed E-state index contributed by atoms with van der Waals surface area (Å²) in [7, 11) is -3.37. The predicted octanol–water partition coefficient (Wildman–Crippen LogP) is 0.231. The van der Waals surface area contributed by atoms with Gasteiger partial charge in [-0.3, -0.25) is 4.79 Å². The van der Waals surface area contributed by atoms with Gasteiger partial charge in [0.15, 0.2) is 9.84 Å². The van der Waals surface area contributed by atoms with Crippen molar-refractivity contribution in [1.82, 2.24) is 5.32 Å². The zero-order valence-corrected chi connectivity index (χ0v) is 11.2. The first-order valence-corrected chi connectivity index (χ1v) is 7.89. The number of hydrogen-bond donors (Lipinski definition) is 2. The number of amides is 1. The summed E-state index contributed by atoms with van der Waals surface area (Å²) in [5, 5.41) is 11.6. The Bertz CT molecular complexity index is 371. The van der Waals surface area contributed by atoms with Gasteiger partial charge in [-0.25, -0.2) is 8.42 Å². The predicted molar refractivity (Wildman–Crippen MR) is 65.4 cm³/mol. The SMILES string of the molecule is CC(C(=O)NCC1(O)CCCCC1)S(C)(=O)=O. The Morgan fingerprint density at radius 2 is 1.88 bits per heavy atom. The van der Waals surface area contributed by atoms with Crippen molar-refractivity contribution >= 4 is 15.7 Å². The Morgan fingerprint density at radius 1 is 1.35 bits per heavy atom. The summed E-state index contributed by atoms with van der Waals surface area (Å²) in [6.45, 7) is 1.50. The molecule has 1 aliphatic rings. The molecule has 17 heavy (non-hydrogen) atoms. The first-order chi connectivity index (χ1) is 7.75. The normalized spacial score (nSPS) is 21.8. The number of hydrogen-bond acceptors (Lipinski definition) is 4. The van der Waals surface area contributed by atoms with Crippen molar-refractivity contribution < 1.29 is 18.3 Å². The Morgan fingerprint density at radius 3 is 2.35 bits per heavy atom. The molecule has 1 unspecified atom stereocenters. The molecule has 100 valence electrons. The molecule has 0 saturated heterocycles. The lowest BCUT2D eigenvalue weighted by Gasteiger charge is -2.32. The van der Waals surface area contributed by atoms with Crippen molar-refractivity contribution in [1.29, 1.82) is 0 Å². The fourth-order valence-electron chi connectivity index (χ4n) is 1.98. The highest BCUT2D eigenvalue weighted by atomic mass is 32.2. The van der Waals surface area contributed by atoms with Gasteiger partial charge in [-0.15, -0.1) is 0 Å². The number of nitrogens with one attached hydrogen (secondary N) is 1. The summed E-state index contributed by atoms with van der Waals surface area (Å²) < 4.78 is 22.4. The quantitative estimate of drug-likeness (QED) is 0.760. The Kier molecular flexibility index (Phi) is 4.55. The van der Waals surface area contributed by atoms with Gasteiger partial charge in [0.1, 0.15) is 5.25 Å². The number of rotatable bonds is 4. The maximum absolute atomic E-state index is 11.6. The molecule has 1 saturated carbocycles. The topological polar surface area (TPSA) is 83.5 Å². The molecule has 0 aliphatic heterocycles. The Hall–Kier alpha value is -0.620. The minimum atomic E-state index is -3.37. The maximum atomic E-state index is 11.6. The monoisotopic (exact) mass is 263 g/mol. The number of aliphatic hydroxyl groups is 1. The number of carbonyl (C=O) groups excluding carboxylic acids is 1. The van der Waals surface area contributed by atoms with E-state index in [0.29, 0.717) is 12.8 Å². The number of sulfone groups is 1. The molecule has 2 N–H and O–H groups in total. The van der Waals surface area contributed by atoms with Crippen LogP contribution in [0.3, 0.4) is 0 Å². The van der Waals surface area contributed by atoms with Gasteiger partial charge < -0.3 is 10.4 Å². The van der Waals surface area contributed by atoms with Crippen molar-refractivity contribution in [3.05, 3.63) is 0 Å². The van der Waals surface area contributed by atoms with Crippen LogP contribution in [0, 0.1) is 0 Å². The maximum Gasteiger partial charge on any atom is 0.238 e. The average Bonchev–Trinajstić information content (AvgIpc) is 2.25. The van der Waals surface area contributed by atoms with Crippen LogP contribution in [0.15, 0.2) is 0 Å². The summed E-state index contributed by atoms with van der Waals surface area (Å²) in [5.74, 6) is -0.536. The molecule has 0 aromatic carbocycles. The second-order valence-electron chi connectivity index (χ2n) is 4.97. The Labute approximate surface area is 103 Å². The second kappa shape index (κ2) is 5.35. The fraction of sp³-hybridized carbons (Fsp3) is 0.909. The third-order valence-corrected chi connectivity index (χ3v) is 4.89. The smallest absolute Gasteiger partial charge is 0.238 e. The molecule has 0 aromatic heterocycles. The van der Waals surface area contributed by atoms with Crippen LogP contribution in [0.1, 0.15) is 39.0 Å². The van der Waals surface area contributed by atoms with Crippen LogP contribution in [0.5, 0.6) is 0 Å². The standard InChI is InChI=1S/C11H21NO4S/c1-9(17(2,15)16)10(13)12-8-11(14)6-4-3-5-7-11/h9,14H,3-8H2,1-2H3,(H,12,13). The minimum absolute atomic E-state index is 0.145. The summed E-state index contributed by atoms with van der Waals surface area (Å²) in [5.41, 5.74) is -0.856. The first kappa shape index (κ1) is 14.4. The summed E-state index contributed by atoms with van der Waals surface area (Å²) >= 11 is 0. The zero-order valence-electron chi connectivity index (χ0n) is 10.4. The molecule has 0 radical (unpaired) electrons. The van der Waals surface area contributed by atoms with E-state index in [1.54, 1.807) is 0 Å². The first-order valence-electron chi connectivity index (χ1n) is 5.94. The molecule has 1 rings (SSSR count). The lowest BCUT2D eigenvalue weighted by atomic mass is 9.85. The van der Waals surface area contributed by atoms with Crippen LogP contribution in [0.2, 0.25) is 0 Å². The molecule has 1 atom stereocenters. The van der Waals surface area contributed by atoms with E-state index >= 15 is 0 Å². The zero-order chi connectivity index (χ0) is 13.1. The molecular weight excluding hydrogens is 242 g/mol. The van der Waals surface area contributed by atoms with Crippen molar-refractivity contribution in [3.8, 4) is 0 Å². The molecule has 0 aromatic rings. The van der Waals surface area contributed by atoms with Crippen LogP contribution in [-0.4, -0.2) is 43.1 Å². The highest BCUT2D eigenvalue weighted by Crippen LogP contribution is 2.27. The molecular formula is C11H21NO4S. The Balaban J connectivity index is 2.47. The van der Waals surface area contributed by atoms with Gasteiger partial charge in [-0.05, 0) is 19.8 Å². The van der Waals surface area contributed by atoms with Gasteiger partial charge in [0, 0.05) is 12.8 Å². The van der Waals surface area contributed by atoms with E-state index in [0.717, 1.165) is 25.5 Å². The molecule has 0 heterocycles. The lowest BCUT2D eigenvalue weighted by molar-refractivity contribution is -0.122. The summed E-state index contributed by atoms with van der Waals surface area (Å²) in [6, 6.07) is 0. The molecule has 5 nitrogen and oxygen atoms in total. The molecule has 1 aliphatic carbocycles. The van der Waals surface area contributed by atoms with Crippen molar-refractivity contribution in [2.45, 2.75) is 49.9 Å². The fourth-order valence-corrected chi connectivity index (χ4v) is 2.45. The van der Waals surface area contributed by atoms with Gasteiger partial charge in [0.2, 0.25) is 5.91 Å². The molecule has 6 heteroatoms. The molecule has 0 spiro atoms.